The summed E-state index contributed by atoms with van der Waals surface area (Å²) < 4.78 is 33.0. The zero-order valence-corrected chi connectivity index (χ0v) is 19.2. The summed E-state index contributed by atoms with van der Waals surface area (Å²) in [6, 6.07) is 16.5. The molecule has 0 bridgehead atoms. The van der Waals surface area contributed by atoms with Gasteiger partial charge in [-0.3, -0.25) is 0 Å². The molecule has 1 heterocycles. The lowest BCUT2D eigenvalue weighted by atomic mass is 10.2. The molecule has 3 aromatic rings. The third kappa shape index (κ3) is 6.45. The second-order valence-electron chi connectivity index (χ2n) is 6.92. The van der Waals surface area contributed by atoms with Crippen LogP contribution < -0.4 is 4.74 Å². The maximum absolute atomic E-state index is 12.7. The molecule has 8 heteroatoms. The van der Waals surface area contributed by atoms with Gasteiger partial charge in [0, 0.05) is 12.3 Å². The van der Waals surface area contributed by atoms with Gasteiger partial charge >= 0.3 is 0 Å². The first-order chi connectivity index (χ1) is 15.0. The van der Waals surface area contributed by atoms with E-state index in [0.717, 1.165) is 24.3 Å². The molecule has 0 aliphatic carbocycles. The molecule has 3 rings (SSSR count). The fraction of sp³-hybridized carbons (Fsp3) is 0.304. The number of sulfone groups is 1. The van der Waals surface area contributed by atoms with Crippen LogP contribution in [0.4, 0.5) is 0 Å². The van der Waals surface area contributed by atoms with E-state index in [1.165, 1.54) is 17.3 Å². The fourth-order valence-corrected chi connectivity index (χ4v) is 5.13. The van der Waals surface area contributed by atoms with Gasteiger partial charge in [-0.25, -0.2) is 8.42 Å². The van der Waals surface area contributed by atoms with Crippen molar-refractivity contribution in [2.45, 2.75) is 42.1 Å². The second-order valence-corrected chi connectivity index (χ2v) is 9.97. The minimum Gasteiger partial charge on any atom is -0.494 e. The van der Waals surface area contributed by atoms with Crippen molar-refractivity contribution in [3.05, 3.63) is 78.6 Å². The lowest BCUT2D eigenvalue weighted by Crippen LogP contribution is -2.11. The molecule has 0 aliphatic heterocycles. The van der Waals surface area contributed by atoms with Gasteiger partial charge in [0.1, 0.15) is 17.3 Å². The van der Waals surface area contributed by atoms with E-state index in [2.05, 4.69) is 35.8 Å². The molecule has 0 radical (unpaired) electrons. The van der Waals surface area contributed by atoms with E-state index in [0.29, 0.717) is 24.1 Å². The van der Waals surface area contributed by atoms with Crippen LogP contribution in [0.1, 0.15) is 24.7 Å². The summed E-state index contributed by atoms with van der Waals surface area (Å²) in [5.74, 6) is 1.87. The lowest BCUT2D eigenvalue weighted by molar-refractivity contribution is 0.318. The number of thioether (sulfide) groups is 1. The Hall–Kier alpha value is -2.58. The Morgan fingerprint density at radius 1 is 1.10 bits per heavy atom. The van der Waals surface area contributed by atoms with Crippen molar-refractivity contribution in [3.8, 4) is 5.75 Å². The molecule has 2 aromatic carbocycles. The smallest absolute Gasteiger partial charge is 0.191 e. The molecule has 0 spiro atoms. The Morgan fingerprint density at radius 2 is 1.84 bits per heavy atom. The first kappa shape index (κ1) is 23.1. The van der Waals surface area contributed by atoms with E-state index in [9.17, 15) is 8.42 Å². The van der Waals surface area contributed by atoms with Crippen LogP contribution in [-0.2, 0) is 28.6 Å². The van der Waals surface area contributed by atoms with Gasteiger partial charge in [0.15, 0.2) is 15.0 Å². The SMILES string of the molecule is C=CCn1c(CS(=O)(=O)c2ccccc2)nnc1SCCCOc1ccc(CC)cc1. The molecule has 0 N–H and O–H groups in total. The van der Waals surface area contributed by atoms with Crippen LogP contribution in [-0.4, -0.2) is 35.5 Å². The van der Waals surface area contributed by atoms with Gasteiger partial charge in [-0.2, -0.15) is 0 Å². The molecular weight excluding hydrogens is 430 g/mol. The third-order valence-electron chi connectivity index (χ3n) is 4.65. The molecule has 6 nitrogen and oxygen atoms in total. The van der Waals surface area contributed by atoms with Crippen molar-refractivity contribution in [1.82, 2.24) is 14.8 Å². The average molecular weight is 458 g/mol. The van der Waals surface area contributed by atoms with Crippen LogP contribution >= 0.6 is 11.8 Å². The second kappa shape index (κ2) is 11.2. The number of allylic oxidation sites excluding steroid dienone is 1. The lowest BCUT2D eigenvalue weighted by Gasteiger charge is -2.09. The molecule has 0 atom stereocenters. The van der Waals surface area contributed by atoms with Gasteiger partial charge in [-0.1, -0.05) is 55.1 Å². The number of benzene rings is 2. The largest absolute Gasteiger partial charge is 0.494 e. The highest BCUT2D eigenvalue weighted by molar-refractivity contribution is 7.99. The van der Waals surface area contributed by atoms with E-state index >= 15 is 0 Å². The van der Waals surface area contributed by atoms with Crippen molar-refractivity contribution in [3.63, 3.8) is 0 Å². The Labute approximate surface area is 188 Å². The van der Waals surface area contributed by atoms with Gasteiger partial charge in [0.05, 0.1) is 11.5 Å². The molecule has 0 unspecified atom stereocenters. The molecule has 1 aromatic heterocycles. The van der Waals surface area contributed by atoms with Gasteiger partial charge in [-0.15, -0.1) is 16.8 Å². The van der Waals surface area contributed by atoms with Gasteiger partial charge in [0.25, 0.3) is 0 Å². The summed E-state index contributed by atoms with van der Waals surface area (Å²) in [4.78, 5) is 0.279. The van der Waals surface area contributed by atoms with E-state index in [1.807, 2.05) is 16.7 Å². The van der Waals surface area contributed by atoms with Crippen molar-refractivity contribution >= 4 is 21.6 Å². The minimum atomic E-state index is -3.49. The van der Waals surface area contributed by atoms with Gasteiger partial charge in [-0.05, 0) is 42.7 Å². The standard InChI is InChI=1S/C23H27N3O3S2/c1-3-15-26-22(18-31(27,28)21-9-6-5-7-10-21)24-25-23(26)30-17-8-16-29-20-13-11-19(4-2)12-14-20/h3,5-7,9-14H,1,4,8,15-18H2,2H3. The van der Waals surface area contributed by atoms with Gasteiger partial charge < -0.3 is 9.30 Å². The van der Waals surface area contributed by atoms with E-state index in [-0.39, 0.29) is 10.6 Å². The highest BCUT2D eigenvalue weighted by Crippen LogP contribution is 2.22. The average Bonchev–Trinajstić information content (AvgIpc) is 3.15. The van der Waals surface area contributed by atoms with Crippen LogP contribution in [0.5, 0.6) is 5.75 Å². The summed E-state index contributed by atoms with van der Waals surface area (Å²) >= 11 is 1.54. The van der Waals surface area contributed by atoms with Gasteiger partial charge in [0.2, 0.25) is 0 Å². The maximum Gasteiger partial charge on any atom is 0.191 e. The number of hydrogen-bond acceptors (Lipinski definition) is 6. The van der Waals surface area contributed by atoms with Crippen LogP contribution in [0.15, 0.2) is 77.3 Å². The molecule has 31 heavy (non-hydrogen) atoms. The topological polar surface area (TPSA) is 74.1 Å². The Balaban J connectivity index is 1.56. The predicted octanol–water partition coefficient (Wildman–Crippen LogP) is 4.56. The quantitative estimate of drug-likeness (QED) is 0.225. The Kier molecular flexibility index (Phi) is 8.31. The van der Waals surface area contributed by atoms with Crippen molar-refractivity contribution < 1.29 is 13.2 Å². The summed E-state index contributed by atoms with van der Waals surface area (Å²) in [7, 11) is -3.49. The van der Waals surface area contributed by atoms with Crippen molar-refractivity contribution in [2.75, 3.05) is 12.4 Å². The van der Waals surface area contributed by atoms with E-state index < -0.39 is 9.84 Å². The third-order valence-corrected chi connectivity index (χ3v) is 7.33. The van der Waals surface area contributed by atoms with Crippen LogP contribution in [0.25, 0.3) is 0 Å². The number of nitrogens with zero attached hydrogens (tertiary/aromatic N) is 3. The zero-order valence-electron chi connectivity index (χ0n) is 17.6. The molecule has 0 aliphatic rings. The summed E-state index contributed by atoms with van der Waals surface area (Å²) in [5, 5.41) is 9.04. The Bertz CT molecular complexity index is 1080. The van der Waals surface area contributed by atoms with E-state index in [1.54, 1.807) is 36.4 Å². The van der Waals surface area contributed by atoms with Crippen LogP contribution in [0.3, 0.4) is 0 Å². The summed E-state index contributed by atoms with van der Waals surface area (Å²) in [6.45, 7) is 6.95. The predicted molar refractivity (Wildman–Crippen MR) is 124 cm³/mol. The highest BCUT2D eigenvalue weighted by Gasteiger charge is 2.21. The molecule has 164 valence electrons. The van der Waals surface area contributed by atoms with Crippen molar-refractivity contribution in [2.24, 2.45) is 0 Å². The van der Waals surface area contributed by atoms with Crippen LogP contribution in [0.2, 0.25) is 0 Å². The first-order valence-electron chi connectivity index (χ1n) is 10.2. The molecule has 0 amide bonds. The number of rotatable bonds is 12. The molecule has 0 fully saturated rings. The minimum absolute atomic E-state index is 0.199. The molecular formula is C23H27N3O3S2. The van der Waals surface area contributed by atoms with Crippen LogP contribution in [0, 0.1) is 0 Å². The number of aromatic nitrogens is 3. The van der Waals surface area contributed by atoms with Crippen molar-refractivity contribution in [1.29, 1.82) is 0 Å². The number of ether oxygens (including phenoxy) is 1. The zero-order chi connectivity index (χ0) is 22.1. The summed E-state index contributed by atoms with van der Waals surface area (Å²) in [6.07, 6.45) is 3.56. The normalized spacial score (nSPS) is 11.4. The summed E-state index contributed by atoms with van der Waals surface area (Å²) in [5.41, 5.74) is 1.29. The number of hydrogen-bond donors (Lipinski definition) is 0. The highest BCUT2D eigenvalue weighted by atomic mass is 32.2. The number of aryl methyl sites for hydroxylation is 1. The molecule has 0 saturated heterocycles. The molecule has 0 saturated carbocycles. The fourth-order valence-electron chi connectivity index (χ4n) is 2.96. The van der Waals surface area contributed by atoms with E-state index in [4.69, 9.17) is 4.74 Å². The monoisotopic (exact) mass is 457 g/mol. The first-order valence-corrected chi connectivity index (χ1v) is 12.8. The maximum atomic E-state index is 12.7. The Morgan fingerprint density at radius 3 is 2.52 bits per heavy atom.